The van der Waals surface area contributed by atoms with Gasteiger partial charge in [0.25, 0.3) is 0 Å². The highest BCUT2D eigenvalue weighted by Gasteiger charge is 2.68. The fraction of sp³-hybridized carbons (Fsp3) is 0.682. The molecule has 0 unspecified atom stereocenters. The zero-order valence-corrected chi connectivity index (χ0v) is 16.8. The third kappa shape index (κ3) is 2.03. The van der Waals surface area contributed by atoms with E-state index in [1.54, 1.807) is 14.0 Å². The van der Waals surface area contributed by atoms with Gasteiger partial charge in [0.2, 0.25) is 5.91 Å². The zero-order valence-electron chi connectivity index (χ0n) is 16.8. The number of piperidine rings is 1. The normalized spacial score (nSPS) is 36.0. The minimum atomic E-state index is -0.168. The van der Waals surface area contributed by atoms with E-state index < -0.39 is 0 Å². The molecule has 6 nitrogen and oxygen atoms in total. The van der Waals surface area contributed by atoms with Crippen LogP contribution in [0.25, 0.3) is 0 Å². The zero-order chi connectivity index (χ0) is 19.7. The van der Waals surface area contributed by atoms with Crippen LogP contribution in [0.1, 0.15) is 51.0 Å². The van der Waals surface area contributed by atoms with E-state index in [4.69, 9.17) is 4.74 Å². The molecule has 1 aliphatic carbocycles. The van der Waals surface area contributed by atoms with Gasteiger partial charge in [0, 0.05) is 31.0 Å². The molecule has 4 aliphatic rings. The largest absolute Gasteiger partial charge is 0.503 e. The Morgan fingerprint density at radius 3 is 2.82 bits per heavy atom. The lowest BCUT2D eigenvalue weighted by Crippen LogP contribution is -2.65. The Morgan fingerprint density at radius 2 is 2.11 bits per heavy atom. The Labute approximate surface area is 166 Å². The summed E-state index contributed by atoms with van der Waals surface area (Å²) >= 11 is 0. The number of aliphatic hydroxyl groups excluding tert-OH is 1. The van der Waals surface area contributed by atoms with Crippen molar-refractivity contribution in [1.82, 2.24) is 4.90 Å². The molecule has 1 spiro atoms. The van der Waals surface area contributed by atoms with E-state index >= 15 is 0 Å². The van der Waals surface area contributed by atoms with Gasteiger partial charge in [-0.2, -0.15) is 0 Å². The van der Waals surface area contributed by atoms with Gasteiger partial charge in [0.1, 0.15) is 0 Å². The molecule has 0 aromatic heterocycles. The molecule has 4 atom stereocenters. The summed E-state index contributed by atoms with van der Waals surface area (Å²) in [5.74, 6) is 0.483. The van der Waals surface area contributed by atoms with Crippen molar-refractivity contribution in [2.75, 3.05) is 31.7 Å². The van der Waals surface area contributed by atoms with Crippen molar-refractivity contribution in [3.05, 3.63) is 17.7 Å². The molecule has 0 radical (unpaired) electrons. The van der Waals surface area contributed by atoms with Crippen molar-refractivity contribution in [3.63, 3.8) is 0 Å². The van der Waals surface area contributed by atoms with E-state index in [9.17, 15) is 15.0 Å². The molecule has 1 saturated carbocycles. The van der Waals surface area contributed by atoms with Crippen LogP contribution in [0.3, 0.4) is 0 Å². The lowest BCUT2D eigenvalue weighted by atomic mass is 9.52. The van der Waals surface area contributed by atoms with E-state index in [2.05, 4.69) is 11.0 Å². The van der Waals surface area contributed by atoms with Crippen LogP contribution in [-0.2, 0) is 10.2 Å². The van der Waals surface area contributed by atoms with Gasteiger partial charge in [-0.1, -0.05) is 6.07 Å². The van der Waals surface area contributed by atoms with Crippen molar-refractivity contribution in [2.24, 2.45) is 5.41 Å². The summed E-state index contributed by atoms with van der Waals surface area (Å²) in [4.78, 5) is 17.2. The summed E-state index contributed by atoms with van der Waals surface area (Å²) in [6.07, 6.45) is 6.07. The predicted octanol–water partition coefficient (Wildman–Crippen LogP) is 2.40. The maximum absolute atomic E-state index is 12.8. The number of ether oxygens (including phenoxy) is 1. The van der Waals surface area contributed by atoms with Crippen LogP contribution in [-0.4, -0.2) is 59.9 Å². The standard InChI is InChI=1S/C22H30N2O4/c1-14(26)24-17-6-8-21(10-13-25)7-3-11-23-12-9-22(17,20(21)23)15-4-5-16(28-2)19(27)18(15)24/h4-5,17,20,25,27H,3,6-13H2,1-2H3/t17-,20+,21+,22-/m1/s1. The first-order valence-electron chi connectivity index (χ1n) is 10.6. The Bertz CT molecular complexity index is 823. The fourth-order valence-corrected chi connectivity index (χ4v) is 7.47. The minimum absolute atomic E-state index is 0.0180. The molecule has 3 fully saturated rings. The monoisotopic (exact) mass is 386 g/mol. The Balaban J connectivity index is 1.75. The molecule has 3 heterocycles. The van der Waals surface area contributed by atoms with Crippen molar-refractivity contribution >= 4 is 11.6 Å². The van der Waals surface area contributed by atoms with E-state index in [-0.39, 0.29) is 35.1 Å². The molecule has 3 aliphatic heterocycles. The highest BCUT2D eigenvalue weighted by Crippen LogP contribution is 2.67. The molecule has 152 valence electrons. The smallest absolute Gasteiger partial charge is 0.224 e. The average molecular weight is 386 g/mol. The second-order valence-corrected chi connectivity index (χ2v) is 9.12. The third-order valence-corrected chi connectivity index (χ3v) is 8.21. The molecule has 0 bridgehead atoms. The molecule has 1 aromatic carbocycles. The van der Waals surface area contributed by atoms with Crippen LogP contribution in [0.2, 0.25) is 0 Å². The summed E-state index contributed by atoms with van der Waals surface area (Å²) in [7, 11) is 1.55. The lowest BCUT2D eigenvalue weighted by molar-refractivity contribution is -0.118. The first kappa shape index (κ1) is 18.3. The molecular formula is C22H30N2O4. The van der Waals surface area contributed by atoms with Crippen LogP contribution < -0.4 is 9.64 Å². The predicted molar refractivity (Wildman–Crippen MR) is 106 cm³/mol. The molecule has 1 amide bonds. The minimum Gasteiger partial charge on any atom is -0.503 e. The quantitative estimate of drug-likeness (QED) is 0.835. The Hall–Kier alpha value is -1.79. The van der Waals surface area contributed by atoms with Crippen molar-refractivity contribution in [2.45, 2.75) is 62.9 Å². The van der Waals surface area contributed by atoms with Crippen LogP contribution in [0.15, 0.2) is 12.1 Å². The number of nitrogens with zero attached hydrogens (tertiary/aromatic N) is 2. The van der Waals surface area contributed by atoms with E-state index in [0.29, 0.717) is 17.5 Å². The van der Waals surface area contributed by atoms with Crippen LogP contribution in [0.5, 0.6) is 11.5 Å². The molecular weight excluding hydrogens is 356 g/mol. The molecule has 2 N–H and O–H groups in total. The molecule has 28 heavy (non-hydrogen) atoms. The van der Waals surface area contributed by atoms with Gasteiger partial charge in [-0.15, -0.1) is 0 Å². The fourth-order valence-electron chi connectivity index (χ4n) is 7.47. The first-order chi connectivity index (χ1) is 13.5. The number of anilines is 1. The lowest BCUT2D eigenvalue weighted by Gasteiger charge is -2.58. The van der Waals surface area contributed by atoms with Gasteiger partial charge in [-0.25, -0.2) is 0 Å². The summed E-state index contributed by atoms with van der Waals surface area (Å²) in [5.41, 5.74) is 1.68. The summed E-state index contributed by atoms with van der Waals surface area (Å²) < 4.78 is 5.36. The van der Waals surface area contributed by atoms with Gasteiger partial charge in [-0.05, 0) is 68.7 Å². The number of rotatable bonds is 3. The van der Waals surface area contributed by atoms with Crippen molar-refractivity contribution in [1.29, 1.82) is 0 Å². The van der Waals surface area contributed by atoms with Gasteiger partial charge in [-0.3, -0.25) is 9.69 Å². The van der Waals surface area contributed by atoms with E-state index in [1.807, 2.05) is 11.0 Å². The molecule has 5 rings (SSSR count). The van der Waals surface area contributed by atoms with E-state index in [1.165, 1.54) is 6.42 Å². The van der Waals surface area contributed by atoms with Gasteiger partial charge in [0.05, 0.1) is 12.8 Å². The molecule has 6 heteroatoms. The number of fused-ring (bicyclic) bond motifs is 1. The highest BCUT2D eigenvalue weighted by molar-refractivity contribution is 5.98. The molecule has 2 saturated heterocycles. The topological polar surface area (TPSA) is 73.2 Å². The van der Waals surface area contributed by atoms with Crippen LogP contribution >= 0.6 is 0 Å². The number of phenolic OH excluding ortho intramolecular Hbond substituents is 1. The van der Waals surface area contributed by atoms with Crippen LogP contribution in [0, 0.1) is 5.41 Å². The summed E-state index contributed by atoms with van der Waals surface area (Å²) in [6.45, 7) is 3.92. The van der Waals surface area contributed by atoms with Crippen molar-refractivity contribution in [3.8, 4) is 11.5 Å². The van der Waals surface area contributed by atoms with Crippen LogP contribution in [0.4, 0.5) is 5.69 Å². The highest BCUT2D eigenvalue weighted by atomic mass is 16.5. The second-order valence-electron chi connectivity index (χ2n) is 9.12. The van der Waals surface area contributed by atoms with E-state index in [0.717, 1.165) is 50.8 Å². The second kappa shape index (κ2) is 6.10. The summed E-state index contributed by atoms with van der Waals surface area (Å²) in [5, 5.41) is 20.9. The maximum atomic E-state index is 12.8. The number of hydrogen-bond acceptors (Lipinski definition) is 5. The number of methoxy groups -OCH3 is 1. The number of amides is 1. The average Bonchev–Trinajstić information content (AvgIpc) is 3.21. The number of benzene rings is 1. The number of carbonyl (C=O) groups is 1. The number of aliphatic hydroxyl groups is 1. The number of aromatic hydroxyl groups is 1. The van der Waals surface area contributed by atoms with Gasteiger partial charge >= 0.3 is 0 Å². The Kier molecular flexibility index (Phi) is 3.98. The number of carbonyl (C=O) groups excluding carboxylic acids is 1. The maximum Gasteiger partial charge on any atom is 0.224 e. The SMILES string of the molecule is COc1ccc2c(c1O)N(C(C)=O)[C@@H]1CC[C@]3(CCO)CCCN4CC[C@@]21[C@@H]43. The van der Waals surface area contributed by atoms with Crippen molar-refractivity contribution < 1.29 is 19.7 Å². The summed E-state index contributed by atoms with van der Waals surface area (Å²) in [6, 6.07) is 4.31. The third-order valence-electron chi connectivity index (χ3n) is 8.21. The first-order valence-corrected chi connectivity index (χ1v) is 10.6. The Morgan fingerprint density at radius 1 is 1.29 bits per heavy atom. The number of phenols is 1. The molecule has 1 aromatic rings. The van der Waals surface area contributed by atoms with Gasteiger partial charge < -0.3 is 19.8 Å². The van der Waals surface area contributed by atoms with Gasteiger partial charge in [0.15, 0.2) is 11.5 Å². The number of hydrogen-bond donors (Lipinski definition) is 2.